The standard InChI is InChI=1S/C14H23N3O2S/c1-5-10(2)15-12(18)7-6-8-20-14-16-11(3)9-13(19)17(14)4/h9-10H,5-8H2,1-4H3,(H,15,18). The van der Waals surface area contributed by atoms with E-state index < -0.39 is 0 Å². The fraction of sp³-hybridized carbons (Fsp3) is 0.643. The number of nitrogens with zero attached hydrogens (tertiary/aromatic N) is 2. The monoisotopic (exact) mass is 297 g/mol. The molecule has 1 aromatic heterocycles. The van der Waals surface area contributed by atoms with E-state index in [1.165, 1.54) is 22.4 Å². The molecular formula is C14H23N3O2S. The zero-order valence-corrected chi connectivity index (χ0v) is 13.4. The fourth-order valence-electron chi connectivity index (χ4n) is 1.60. The molecule has 6 heteroatoms. The largest absolute Gasteiger partial charge is 0.354 e. The van der Waals surface area contributed by atoms with Gasteiger partial charge in [0.2, 0.25) is 5.91 Å². The lowest BCUT2D eigenvalue weighted by molar-refractivity contribution is -0.121. The van der Waals surface area contributed by atoms with Gasteiger partial charge in [-0.2, -0.15) is 0 Å². The van der Waals surface area contributed by atoms with Gasteiger partial charge in [0.15, 0.2) is 5.16 Å². The van der Waals surface area contributed by atoms with Crippen LogP contribution >= 0.6 is 11.8 Å². The summed E-state index contributed by atoms with van der Waals surface area (Å²) in [5.41, 5.74) is 0.680. The Kier molecular flexibility index (Phi) is 6.78. The normalized spacial score (nSPS) is 12.2. The third kappa shape index (κ3) is 5.36. The number of rotatable bonds is 7. The number of carbonyl (C=O) groups is 1. The number of aryl methyl sites for hydroxylation is 1. The minimum Gasteiger partial charge on any atom is -0.354 e. The van der Waals surface area contributed by atoms with Crippen LogP contribution in [0.5, 0.6) is 0 Å². The van der Waals surface area contributed by atoms with Gasteiger partial charge in [0, 0.05) is 37.0 Å². The summed E-state index contributed by atoms with van der Waals surface area (Å²) in [6, 6.07) is 1.75. The highest BCUT2D eigenvalue weighted by molar-refractivity contribution is 7.99. The van der Waals surface area contributed by atoms with E-state index in [9.17, 15) is 9.59 Å². The van der Waals surface area contributed by atoms with Crippen molar-refractivity contribution in [3.63, 3.8) is 0 Å². The number of aromatic nitrogens is 2. The molecule has 0 spiro atoms. The minimum absolute atomic E-state index is 0.0467. The topological polar surface area (TPSA) is 64.0 Å². The third-order valence-electron chi connectivity index (χ3n) is 3.02. The highest BCUT2D eigenvalue weighted by Gasteiger charge is 2.07. The van der Waals surface area contributed by atoms with E-state index in [-0.39, 0.29) is 17.5 Å². The second-order valence-corrected chi connectivity index (χ2v) is 5.97. The molecule has 112 valence electrons. The molecule has 1 atom stereocenters. The Morgan fingerprint density at radius 3 is 2.90 bits per heavy atom. The molecule has 0 aliphatic heterocycles. The molecule has 1 amide bonds. The zero-order valence-electron chi connectivity index (χ0n) is 12.6. The van der Waals surface area contributed by atoms with E-state index in [4.69, 9.17) is 0 Å². The maximum Gasteiger partial charge on any atom is 0.254 e. The molecule has 0 aliphatic carbocycles. The summed E-state index contributed by atoms with van der Waals surface area (Å²) in [5.74, 6) is 0.864. The van der Waals surface area contributed by atoms with Gasteiger partial charge in [-0.3, -0.25) is 14.2 Å². The van der Waals surface area contributed by atoms with E-state index in [2.05, 4.69) is 10.3 Å². The number of carbonyl (C=O) groups excluding carboxylic acids is 1. The van der Waals surface area contributed by atoms with Crippen LogP contribution in [0, 0.1) is 6.92 Å². The van der Waals surface area contributed by atoms with Crippen molar-refractivity contribution in [2.24, 2.45) is 7.05 Å². The van der Waals surface area contributed by atoms with Crippen LogP contribution in [0.1, 0.15) is 38.8 Å². The van der Waals surface area contributed by atoms with Crippen LogP contribution in [0.4, 0.5) is 0 Å². The van der Waals surface area contributed by atoms with Crippen LogP contribution in [-0.2, 0) is 11.8 Å². The van der Waals surface area contributed by atoms with Gasteiger partial charge in [0.25, 0.3) is 5.56 Å². The predicted molar refractivity (Wildman–Crippen MR) is 82.1 cm³/mol. The van der Waals surface area contributed by atoms with Crippen molar-refractivity contribution in [1.82, 2.24) is 14.9 Å². The van der Waals surface area contributed by atoms with E-state index in [1.54, 1.807) is 7.05 Å². The molecule has 1 unspecified atom stereocenters. The summed E-state index contributed by atoms with van der Waals surface area (Å²) in [6.07, 6.45) is 2.23. The van der Waals surface area contributed by atoms with E-state index >= 15 is 0 Å². The molecule has 1 aromatic rings. The molecule has 0 fully saturated rings. The van der Waals surface area contributed by atoms with Gasteiger partial charge in [-0.05, 0) is 26.7 Å². The quantitative estimate of drug-likeness (QED) is 0.474. The van der Waals surface area contributed by atoms with Crippen molar-refractivity contribution < 1.29 is 4.79 Å². The minimum atomic E-state index is -0.0467. The second-order valence-electron chi connectivity index (χ2n) is 4.91. The number of hydrogen-bond donors (Lipinski definition) is 1. The van der Waals surface area contributed by atoms with Crippen molar-refractivity contribution in [3.05, 3.63) is 22.1 Å². The van der Waals surface area contributed by atoms with Gasteiger partial charge in [0.1, 0.15) is 0 Å². The van der Waals surface area contributed by atoms with Gasteiger partial charge in [-0.15, -0.1) is 0 Å². The Hall–Kier alpha value is -1.30. The highest BCUT2D eigenvalue weighted by Crippen LogP contribution is 2.15. The van der Waals surface area contributed by atoms with Gasteiger partial charge in [-0.1, -0.05) is 18.7 Å². The molecule has 0 saturated carbocycles. The average molecular weight is 297 g/mol. The fourth-order valence-corrected chi connectivity index (χ4v) is 2.57. The Morgan fingerprint density at radius 1 is 1.55 bits per heavy atom. The Morgan fingerprint density at radius 2 is 2.25 bits per heavy atom. The number of thioether (sulfide) groups is 1. The van der Waals surface area contributed by atoms with Gasteiger partial charge >= 0.3 is 0 Å². The molecule has 0 aromatic carbocycles. The van der Waals surface area contributed by atoms with Crippen LogP contribution in [0.3, 0.4) is 0 Å². The van der Waals surface area contributed by atoms with E-state index in [0.717, 1.165) is 24.3 Å². The van der Waals surface area contributed by atoms with Crippen molar-refractivity contribution in [1.29, 1.82) is 0 Å². The van der Waals surface area contributed by atoms with Gasteiger partial charge < -0.3 is 5.32 Å². The SMILES string of the molecule is CCC(C)NC(=O)CCCSc1nc(C)cc(=O)n1C. The van der Waals surface area contributed by atoms with Crippen molar-refractivity contribution in [2.75, 3.05) is 5.75 Å². The summed E-state index contributed by atoms with van der Waals surface area (Å²) >= 11 is 1.51. The second kappa shape index (κ2) is 8.09. The molecule has 1 N–H and O–H groups in total. The predicted octanol–water partition coefficient (Wildman–Crippen LogP) is 1.88. The van der Waals surface area contributed by atoms with Crippen molar-refractivity contribution in [3.8, 4) is 0 Å². The van der Waals surface area contributed by atoms with Crippen LogP contribution in [0.2, 0.25) is 0 Å². The Bertz CT molecular complexity index is 514. The maximum atomic E-state index is 11.6. The molecule has 0 bridgehead atoms. The first kappa shape index (κ1) is 16.8. The number of hydrogen-bond acceptors (Lipinski definition) is 4. The van der Waals surface area contributed by atoms with Crippen LogP contribution < -0.4 is 10.9 Å². The molecule has 0 saturated heterocycles. The number of nitrogens with one attached hydrogen (secondary N) is 1. The van der Waals surface area contributed by atoms with Crippen LogP contribution in [0.15, 0.2) is 16.0 Å². The molecule has 20 heavy (non-hydrogen) atoms. The van der Waals surface area contributed by atoms with Crippen molar-refractivity contribution in [2.45, 2.75) is 51.2 Å². The molecule has 1 rings (SSSR count). The van der Waals surface area contributed by atoms with E-state index in [0.29, 0.717) is 11.6 Å². The first-order valence-corrected chi connectivity index (χ1v) is 7.89. The summed E-state index contributed by atoms with van der Waals surface area (Å²) in [4.78, 5) is 27.5. The number of amides is 1. The molecule has 5 nitrogen and oxygen atoms in total. The first-order valence-electron chi connectivity index (χ1n) is 6.90. The summed E-state index contributed by atoms with van der Waals surface area (Å²) in [6.45, 7) is 5.86. The van der Waals surface area contributed by atoms with Gasteiger partial charge in [0.05, 0.1) is 0 Å². The lowest BCUT2D eigenvalue weighted by Gasteiger charge is -2.11. The first-order chi connectivity index (χ1) is 9.43. The van der Waals surface area contributed by atoms with Crippen molar-refractivity contribution >= 4 is 17.7 Å². The highest BCUT2D eigenvalue weighted by atomic mass is 32.2. The zero-order chi connectivity index (χ0) is 15.1. The third-order valence-corrected chi connectivity index (χ3v) is 4.14. The summed E-state index contributed by atoms with van der Waals surface area (Å²) < 4.78 is 1.54. The van der Waals surface area contributed by atoms with Crippen LogP contribution in [-0.4, -0.2) is 27.3 Å². The average Bonchev–Trinajstić information content (AvgIpc) is 2.39. The van der Waals surface area contributed by atoms with Gasteiger partial charge in [-0.25, -0.2) is 4.98 Å². The Labute approximate surface area is 124 Å². The van der Waals surface area contributed by atoms with Crippen LogP contribution in [0.25, 0.3) is 0 Å². The summed E-state index contributed by atoms with van der Waals surface area (Å²) in [7, 11) is 1.72. The Balaban J connectivity index is 2.38. The summed E-state index contributed by atoms with van der Waals surface area (Å²) in [5, 5.41) is 3.64. The lowest BCUT2D eigenvalue weighted by atomic mass is 10.2. The molecule has 0 aliphatic rings. The maximum absolute atomic E-state index is 11.6. The lowest BCUT2D eigenvalue weighted by Crippen LogP contribution is -2.31. The molecule has 0 radical (unpaired) electrons. The van der Waals surface area contributed by atoms with E-state index in [1.807, 2.05) is 20.8 Å². The molecule has 1 heterocycles. The molecular weight excluding hydrogens is 274 g/mol. The smallest absolute Gasteiger partial charge is 0.254 e.